The van der Waals surface area contributed by atoms with Crippen LogP contribution < -0.4 is 5.32 Å². The number of benzene rings is 1. The Labute approximate surface area is 110 Å². The van der Waals surface area contributed by atoms with Gasteiger partial charge in [0, 0.05) is 18.5 Å². The van der Waals surface area contributed by atoms with E-state index in [0.29, 0.717) is 24.6 Å². The Kier molecular flexibility index (Phi) is 5.47. The maximum atomic E-state index is 12.5. The first kappa shape index (κ1) is 15.3. The van der Waals surface area contributed by atoms with E-state index in [-0.39, 0.29) is 5.38 Å². The van der Waals surface area contributed by atoms with Crippen molar-refractivity contribution in [1.29, 1.82) is 0 Å². The van der Waals surface area contributed by atoms with Gasteiger partial charge in [-0.05, 0) is 17.5 Å². The molecule has 1 rings (SSSR count). The van der Waals surface area contributed by atoms with Crippen molar-refractivity contribution in [2.24, 2.45) is 5.92 Å². The van der Waals surface area contributed by atoms with E-state index in [1.165, 1.54) is 6.07 Å². The molecule has 1 aromatic rings. The predicted molar refractivity (Wildman–Crippen MR) is 67.6 cm³/mol. The van der Waals surface area contributed by atoms with Crippen LogP contribution in [0.1, 0.15) is 25.0 Å². The molecule has 0 aliphatic rings. The minimum absolute atomic E-state index is 0.0178. The maximum Gasteiger partial charge on any atom is 0.416 e. The SMILES string of the molecule is CC(C)C(Cl)CNCc1cccc(C(F)(F)F)c1. The average molecular weight is 280 g/mol. The Morgan fingerprint density at radius 3 is 2.50 bits per heavy atom. The van der Waals surface area contributed by atoms with E-state index in [0.717, 1.165) is 12.1 Å². The van der Waals surface area contributed by atoms with Crippen molar-refractivity contribution in [3.63, 3.8) is 0 Å². The zero-order chi connectivity index (χ0) is 13.8. The summed E-state index contributed by atoms with van der Waals surface area (Å²) in [5.74, 6) is 0.334. The molecular weight excluding hydrogens is 263 g/mol. The van der Waals surface area contributed by atoms with Crippen LogP contribution in [0.25, 0.3) is 0 Å². The molecule has 0 heterocycles. The first-order chi connectivity index (χ1) is 8.30. The molecule has 0 amide bonds. The van der Waals surface area contributed by atoms with Crippen LogP contribution in [0.4, 0.5) is 13.2 Å². The van der Waals surface area contributed by atoms with Gasteiger partial charge in [0.1, 0.15) is 0 Å². The zero-order valence-electron chi connectivity index (χ0n) is 10.4. The third-order valence-corrected chi connectivity index (χ3v) is 3.30. The summed E-state index contributed by atoms with van der Waals surface area (Å²) >= 11 is 6.04. The molecule has 0 spiro atoms. The fraction of sp³-hybridized carbons (Fsp3) is 0.538. The molecule has 0 radical (unpaired) electrons. The van der Waals surface area contributed by atoms with E-state index in [4.69, 9.17) is 11.6 Å². The summed E-state index contributed by atoms with van der Waals surface area (Å²) < 4.78 is 37.4. The lowest BCUT2D eigenvalue weighted by Gasteiger charge is -2.14. The Hall–Kier alpha value is -0.740. The predicted octanol–water partition coefficient (Wildman–Crippen LogP) is 4.06. The molecule has 0 saturated heterocycles. The number of rotatable bonds is 5. The Balaban J connectivity index is 2.53. The summed E-state index contributed by atoms with van der Waals surface area (Å²) in [5, 5.41) is 3.04. The van der Waals surface area contributed by atoms with Crippen LogP contribution in [0.3, 0.4) is 0 Å². The van der Waals surface area contributed by atoms with E-state index in [1.807, 2.05) is 13.8 Å². The van der Waals surface area contributed by atoms with Crippen molar-refractivity contribution >= 4 is 11.6 Å². The van der Waals surface area contributed by atoms with Crippen molar-refractivity contribution < 1.29 is 13.2 Å². The maximum absolute atomic E-state index is 12.5. The Morgan fingerprint density at radius 1 is 1.28 bits per heavy atom. The fourth-order valence-corrected chi connectivity index (χ4v) is 1.56. The second-order valence-electron chi connectivity index (χ2n) is 4.59. The molecule has 0 aliphatic heterocycles. The van der Waals surface area contributed by atoms with Gasteiger partial charge in [0.2, 0.25) is 0 Å². The molecule has 1 atom stereocenters. The molecule has 18 heavy (non-hydrogen) atoms. The highest BCUT2D eigenvalue weighted by atomic mass is 35.5. The fourth-order valence-electron chi connectivity index (χ4n) is 1.45. The molecule has 1 aromatic carbocycles. The summed E-state index contributed by atoms with van der Waals surface area (Å²) in [5.41, 5.74) is -0.00877. The molecule has 5 heteroatoms. The molecule has 102 valence electrons. The van der Waals surface area contributed by atoms with Gasteiger partial charge >= 0.3 is 6.18 Å². The second kappa shape index (κ2) is 6.43. The van der Waals surface area contributed by atoms with Gasteiger partial charge in [0.15, 0.2) is 0 Å². The lowest BCUT2D eigenvalue weighted by Crippen LogP contribution is -2.26. The Bertz CT molecular complexity index is 377. The highest BCUT2D eigenvalue weighted by Gasteiger charge is 2.30. The van der Waals surface area contributed by atoms with Gasteiger partial charge in [0.25, 0.3) is 0 Å². The van der Waals surface area contributed by atoms with Gasteiger partial charge in [-0.2, -0.15) is 13.2 Å². The standard InChI is InChI=1S/C13H17ClF3N/c1-9(2)12(14)8-18-7-10-4-3-5-11(6-10)13(15,16)17/h3-6,9,12,18H,7-8H2,1-2H3. The minimum Gasteiger partial charge on any atom is -0.311 e. The van der Waals surface area contributed by atoms with Crippen LogP contribution >= 0.6 is 11.6 Å². The van der Waals surface area contributed by atoms with Gasteiger partial charge in [-0.3, -0.25) is 0 Å². The average Bonchev–Trinajstić information content (AvgIpc) is 2.28. The van der Waals surface area contributed by atoms with Crippen LogP contribution in [0.2, 0.25) is 0 Å². The molecular formula is C13H17ClF3N. The summed E-state index contributed by atoms with van der Waals surface area (Å²) in [7, 11) is 0. The van der Waals surface area contributed by atoms with Crippen molar-refractivity contribution in [2.75, 3.05) is 6.54 Å². The van der Waals surface area contributed by atoms with Crippen LogP contribution in [0, 0.1) is 5.92 Å². The van der Waals surface area contributed by atoms with E-state index in [1.54, 1.807) is 6.07 Å². The van der Waals surface area contributed by atoms with Gasteiger partial charge in [0.05, 0.1) is 5.56 Å². The number of halogens is 4. The quantitative estimate of drug-likeness (QED) is 0.802. The van der Waals surface area contributed by atoms with Gasteiger partial charge in [-0.1, -0.05) is 32.0 Å². The summed E-state index contributed by atoms with van der Waals surface area (Å²) in [4.78, 5) is 0. The number of nitrogens with one attached hydrogen (secondary N) is 1. The van der Waals surface area contributed by atoms with Crippen LogP contribution in [-0.4, -0.2) is 11.9 Å². The number of hydrogen-bond acceptors (Lipinski definition) is 1. The van der Waals surface area contributed by atoms with Gasteiger partial charge in [-0.25, -0.2) is 0 Å². The normalized spacial score (nSPS) is 13.9. The first-order valence-electron chi connectivity index (χ1n) is 5.81. The molecule has 0 aliphatic carbocycles. The minimum atomic E-state index is -4.29. The topological polar surface area (TPSA) is 12.0 Å². The summed E-state index contributed by atoms with van der Waals surface area (Å²) in [6.45, 7) is 4.97. The van der Waals surface area contributed by atoms with Crippen LogP contribution in [-0.2, 0) is 12.7 Å². The second-order valence-corrected chi connectivity index (χ2v) is 5.15. The lowest BCUT2D eigenvalue weighted by atomic mass is 10.1. The van der Waals surface area contributed by atoms with Crippen molar-refractivity contribution in [1.82, 2.24) is 5.32 Å². The number of hydrogen-bond donors (Lipinski definition) is 1. The van der Waals surface area contributed by atoms with E-state index < -0.39 is 11.7 Å². The number of alkyl halides is 4. The van der Waals surface area contributed by atoms with Gasteiger partial charge < -0.3 is 5.32 Å². The van der Waals surface area contributed by atoms with Crippen LogP contribution in [0.15, 0.2) is 24.3 Å². The van der Waals surface area contributed by atoms with E-state index in [2.05, 4.69) is 5.32 Å². The molecule has 0 saturated carbocycles. The smallest absolute Gasteiger partial charge is 0.311 e. The third kappa shape index (κ3) is 4.86. The zero-order valence-corrected chi connectivity index (χ0v) is 11.1. The van der Waals surface area contributed by atoms with Crippen molar-refractivity contribution in [3.05, 3.63) is 35.4 Å². The molecule has 1 nitrogen and oxygen atoms in total. The van der Waals surface area contributed by atoms with E-state index in [9.17, 15) is 13.2 Å². The Morgan fingerprint density at radius 2 is 1.94 bits per heavy atom. The van der Waals surface area contributed by atoms with Crippen LogP contribution in [0.5, 0.6) is 0 Å². The monoisotopic (exact) mass is 279 g/mol. The van der Waals surface area contributed by atoms with Crippen molar-refractivity contribution in [3.8, 4) is 0 Å². The lowest BCUT2D eigenvalue weighted by molar-refractivity contribution is -0.137. The summed E-state index contributed by atoms with van der Waals surface area (Å²) in [6, 6.07) is 5.31. The van der Waals surface area contributed by atoms with E-state index >= 15 is 0 Å². The van der Waals surface area contributed by atoms with Gasteiger partial charge in [-0.15, -0.1) is 11.6 Å². The molecule has 1 unspecified atom stereocenters. The first-order valence-corrected chi connectivity index (χ1v) is 6.25. The molecule has 0 bridgehead atoms. The summed E-state index contributed by atoms with van der Waals surface area (Å²) in [6.07, 6.45) is -4.29. The molecule has 1 N–H and O–H groups in total. The molecule has 0 fully saturated rings. The highest BCUT2D eigenvalue weighted by molar-refractivity contribution is 6.20. The van der Waals surface area contributed by atoms with Crippen molar-refractivity contribution in [2.45, 2.75) is 31.9 Å². The molecule has 0 aromatic heterocycles. The third-order valence-electron chi connectivity index (χ3n) is 2.65. The largest absolute Gasteiger partial charge is 0.416 e. The highest BCUT2D eigenvalue weighted by Crippen LogP contribution is 2.29.